The number of nitro groups is 1. The van der Waals surface area contributed by atoms with Crippen molar-refractivity contribution in [3.8, 4) is 6.07 Å². The molecule has 1 rings (SSSR count). The van der Waals surface area contributed by atoms with E-state index in [1.165, 1.54) is 18.2 Å². The van der Waals surface area contributed by atoms with Gasteiger partial charge in [-0.2, -0.15) is 5.26 Å². The maximum atomic E-state index is 11.6. The van der Waals surface area contributed by atoms with Crippen molar-refractivity contribution in [2.24, 2.45) is 0 Å². The minimum Gasteiger partial charge on any atom is -0.383 e. The van der Waals surface area contributed by atoms with Crippen LogP contribution in [0.25, 0.3) is 0 Å². The Morgan fingerprint density at radius 3 is 2.81 bits per heavy atom. The Morgan fingerprint density at radius 2 is 2.24 bits per heavy atom. The number of nitro benzene ring substituents is 1. The Balaban J connectivity index is 2.58. The van der Waals surface area contributed by atoms with Gasteiger partial charge >= 0.3 is 0 Å². The average molecular weight is 290 g/mol. The molecule has 0 bridgehead atoms. The van der Waals surface area contributed by atoms with E-state index in [1.807, 2.05) is 19.9 Å². The Hall–Kier alpha value is -2.62. The number of hydrogen-bond acceptors (Lipinski definition) is 5. The molecule has 7 nitrogen and oxygen atoms in total. The minimum atomic E-state index is -0.551. The van der Waals surface area contributed by atoms with Crippen LogP contribution in [0.5, 0.6) is 0 Å². The maximum absolute atomic E-state index is 11.6. The van der Waals surface area contributed by atoms with E-state index in [2.05, 4.69) is 10.6 Å². The number of carbonyl (C=O) groups is 1. The monoisotopic (exact) mass is 290 g/mol. The number of nitrogens with zero attached hydrogens (tertiary/aromatic N) is 2. The standard InChI is InChI=1S/C14H18N4O3/c1-3-10(2)17-14(19)6-7-16-13-5-4-12(18(20)21)8-11(13)9-15/h4-5,8,10,16H,3,6-7H2,1-2H3,(H,17,19). The molecule has 0 aromatic heterocycles. The van der Waals surface area contributed by atoms with E-state index in [0.29, 0.717) is 12.2 Å². The van der Waals surface area contributed by atoms with Crippen LogP contribution in [0, 0.1) is 21.4 Å². The SMILES string of the molecule is CCC(C)NC(=O)CCNc1ccc([N+](=O)[O-])cc1C#N. The number of carbonyl (C=O) groups excluding carboxylic acids is 1. The minimum absolute atomic E-state index is 0.0720. The highest BCUT2D eigenvalue weighted by Gasteiger charge is 2.11. The average Bonchev–Trinajstić information content (AvgIpc) is 2.46. The molecular formula is C14H18N4O3. The zero-order valence-electron chi connectivity index (χ0n) is 12.0. The highest BCUT2D eigenvalue weighted by Crippen LogP contribution is 2.21. The summed E-state index contributed by atoms with van der Waals surface area (Å²) in [5.41, 5.74) is 0.539. The molecule has 0 spiro atoms. The molecule has 0 aliphatic heterocycles. The van der Waals surface area contributed by atoms with Gasteiger partial charge in [-0.1, -0.05) is 6.92 Å². The number of benzene rings is 1. The largest absolute Gasteiger partial charge is 0.383 e. The summed E-state index contributed by atoms with van der Waals surface area (Å²) in [7, 11) is 0. The molecule has 0 saturated heterocycles. The summed E-state index contributed by atoms with van der Waals surface area (Å²) in [6, 6.07) is 6.04. The fraction of sp³-hybridized carbons (Fsp3) is 0.429. The van der Waals surface area contributed by atoms with Gasteiger partial charge in [0, 0.05) is 31.1 Å². The van der Waals surface area contributed by atoms with Gasteiger partial charge in [-0.25, -0.2) is 0 Å². The molecule has 1 unspecified atom stereocenters. The first-order valence-corrected chi connectivity index (χ1v) is 6.69. The van der Waals surface area contributed by atoms with Crippen LogP contribution in [0.4, 0.5) is 11.4 Å². The molecule has 0 radical (unpaired) electrons. The van der Waals surface area contributed by atoms with E-state index < -0.39 is 4.92 Å². The normalized spacial score (nSPS) is 11.3. The number of amides is 1. The van der Waals surface area contributed by atoms with Crippen molar-refractivity contribution in [3.63, 3.8) is 0 Å². The van der Waals surface area contributed by atoms with E-state index in [9.17, 15) is 14.9 Å². The number of non-ortho nitro benzene ring substituents is 1. The quantitative estimate of drug-likeness (QED) is 0.591. The molecule has 112 valence electrons. The number of nitriles is 1. The fourth-order valence-electron chi connectivity index (χ4n) is 1.65. The summed E-state index contributed by atoms with van der Waals surface area (Å²) in [5.74, 6) is -0.0720. The van der Waals surface area contributed by atoms with Crippen LogP contribution < -0.4 is 10.6 Å². The lowest BCUT2D eigenvalue weighted by Gasteiger charge is -2.12. The topological polar surface area (TPSA) is 108 Å². The third kappa shape index (κ3) is 5.10. The number of anilines is 1. The van der Waals surface area contributed by atoms with Crippen molar-refractivity contribution in [2.45, 2.75) is 32.7 Å². The molecule has 0 heterocycles. The van der Waals surface area contributed by atoms with Gasteiger partial charge in [0.25, 0.3) is 5.69 Å². The summed E-state index contributed by atoms with van der Waals surface area (Å²) >= 11 is 0. The fourth-order valence-corrected chi connectivity index (χ4v) is 1.65. The van der Waals surface area contributed by atoms with Crippen molar-refractivity contribution < 1.29 is 9.72 Å². The highest BCUT2D eigenvalue weighted by molar-refractivity contribution is 5.77. The van der Waals surface area contributed by atoms with Gasteiger partial charge in [0.2, 0.25) is 5.91 Å². The second-order valence-electron chi connectivity index (χ2n) is 4.65. The Bertz CT molecular complexity index is 566. The Morgan fingerprint density at radius 1 is 1.52 bits per heavy atom. The Labute approximate surface area is 123 Å². The molecule has 0 aliphatic carbocycles. The first-order chi connectivity index (χ1) is 9.97. The number of nitrogens with one attached hydrogen (secondary N) is 2. The summed E-state index contributed by atoms with van der Waals surface area (Å²) in [4.78, 5) is 21.7. The van der Waals surface area contributed by atoms with E-state index in [4.69, 9.17) is 5.26 Å². The predicted octanol–water partition coefficient (Wildman–Crippen LogP) is 2.18. The molecule has 1 amide bonds. The second kappa shape index (κ2) is 7.85. The molecular weight excluding hydrogens is 272 g/mol. The first kappa shape index (κ1) is 16.4. The zero-order valence-corrected chi connectivity index (χ0v) is 12.0. The van der Waals surface area contributed by atoms with Crippen LogP contribution >= 0.6 is 0 Å². The first-order valence-electron chi connectivity index (χ1n) is 6.69. The van der Waals surface area contributed by atoms with Gasteiger partial charge in [-0.3, -0.25) is 14.9 Å². The third-order valence-electron chi connectivity index (χ3n) is 3.02. The van der Waals surface area contributed by atoms with Crippen LogP contribution in [-0.2, 0) is 4.79 Å². The van der Waals surface area contributed by atoms with Crippen LogP contribution in [0.1, 0.15) is 32.3 Å². The van der Waals surface area contributed by atoms with Crippen molar-refractivity contribution in [1.82, 2.24) is 5.32 Å². The van der Waals surface area contributed by atoms with Gasteiger partial charge in [0.05, 0.1) is 16.2 Å². The zero-order chi connectivity index (χ0) is 15.8. The molecule has 0 saturated carbocycles. The van der Waals surface area contributed by atoms with Crippen molar-refractivity contribution >= 4 is 17.3 Å². The highest BCUT2D eigenvalue weighted by atomic mass is 16.6. The number of hydrogen-bond donors (Lipinski definition) is 2. The van der Waals surface area contributed by atoms with E-state index in [0.717, 1.165) is 6.42 Å². The predicted molar refractivity (Wildman–Crippen MR) is 78.8 cm³/mol. The lowest BCUT2D eigenvalue weighted by Crippen LogP contribution is -2.32. The van der Waals surface area contributed by atoms with Gasteiger partial charge < -0.3 is 10.6 Å². The molecule has 21 heavy (non-hydrogen) atoms. The van der Waals surface area contributed by atoms with Crippen LogP contribution in [0.15, 0.2) is 18.2 Å². The van der Waals surface area contributed by atoms with Gasteiger partial charge in [-0.05, 0) is 19.4 Å². The van der Waals surface area contributed by atoms with E-state index in [-0.39, 0.29) is 29.6 Å². The molecule has 0 aliphatic rings. The lowest BCUT2D eigenvalue weighted by molar-refractivity contribution is -0.384. The molecule has 0 fully saturated rings. The van der Waals surface area contributed by atoms with Crippen LogP contribution in [0.2, 0.25) is 0 Å². The number of rotatable bonds is 7. The van der Waals surface area contributed by atoms with Crippen molar-refractivity contribution in [3.05, 3.63) is 33.9 Å². The summed E-state index contributed by atoms with van der Waals surface area (Å²) in [6.07, 6.45) is 1.13. The molecule has 1 atom stereocenters. The van der Waals surface area contributed by atoms with Gasteiger partial charge in [0.15, 0.2) is 0 Å². The Kier molecular flexibility index (Phi) is 6.14. The molecule has 2 N–H and O–H groups in total. The van der Waals surface area contributed by atoms with E-state index in [1.54, 1.807) is 0 Å². The van der Waals surface area contributed by atoms with Crippen molar-refractivity contribution in [1.29, 1.82) is 5.26 Å². The lowest BCUT2D eigenvalue weighted by atomic mass is 10.1. The van der Waals surface area contributed by atoms with Crippen LogP contribution in [0.3, 0.4) is 0 Å². The second-order valence-corrected chi connectivity index (χ2v) is 4.65. The molecule has 1 aromatic rings. The third-order valence-corrected chi connectivity index (χ3v) is 3.02. The van der Waals surface area contributed by atoms with Gasteiger partial charge in [-0.15, -0.1) is 0 Å². The molecule has 7 heteroatoms. The van der Waals surface area contributed by atoms with E-state index >= 15 is 0 Å². The summed E-state index contributed by atoms with van der Waals surface area (Å²) < 4.78 is 0. The van der Waals surface area contributed by atoms with Gasteiger partial charge in [0.1, 0.15) is 6.07 Å². The van der Waals surface area contributed by atoms with Crippen molar-refractivity contribution in [2.75, 3.05) is 11.9 Å². The maximum Gasteiger partial charge on any atom is 0.270 e. The van der Waals surface area contributed by atoms with Crippen LogP contribution in [-0.4, -0.2) is 23.4 Å². The summed E-state index contributed by atoms with van der Waals surface area (Å²) in [6.45, 7) is 4.27. The molecule has 1 aromatic carbocycles. The smallest absolute Gasteiger partial charge is 0.270 e. The summed E-state index contributed by atoms with van der Waals surface area (Å²) in [5, 5.41) is 25.4.